The molecule has 3 nitrogen and oxygen atoms in total. The van der Waals surface area contributed by atoms with Gasteiger partial charge in [-0.15, -0.1) is 0 Å². The lowest BCUT2D eigenvalue weighted by atomic mass is 10.1. The molecule has 1 amide bonds. The van der Waals surface area contributed by atoms with Crippen LogP contribution >= 0.6 is 0 Å². The van der Waals surface area contributed by atoms with Gasteiger partial charge in [0.05, 0.1) is 0 Å². The Morgan fingerprint density at radius 1 is 1.31 bits per heavy atom. The predicted octanol–water partition coefficient (Wildman–Crippen LogP) is 1.71. The van der Waals surface area contributed by atoms with E-state index in [4.69, 9.17) is 0 Å². The highest BCUT2D eigenvalue weighted by Gasteiger charge is 2.06. The van der Waals surface area contributed by atoms with Crippen LogP contribution in [0.1, 0.15) is 5.56 Å². The molecular formula is C10H12NO2. The van der Waals surface area contributed by atoms with Crippen LogP contribution < -0.4 is 0 Å². The summed E-state index contributed by atoms with van der Waals surface area (Å²) in [5.74, 6) is 0. The van der Waals surface area contributed by atoms with Crippen LogP contribution in [0.25, 0.3) is 0 Å². The molecule has 0 unspecified atom stereocenters. The van der Waals surface area contributed by atoms with Crippen molar-refractivity contribution >= 4 is 6.09 Å². The Bertz CT molecular complexity index is 272. The van der Waals surface area contributed by atoms with Gasteiger partial charge >= 0.3 is 6.09 Å². The molecule has 0 aromatic heterocycles. The van der Waals surface area contributed by atoms with Crippen molar-refractivity contribution in [2.24, 2.45) is 0 Å². The molecule has 0 fully saturated rings. The third-order valence-corrected chi connectivity index (χ3v) is 1.89. The van der Waals surface area contributed by atoms with Gasteiger partial charge in [0.25, 0.3) is 0 Å². The van der Waals surface area contributed by atoms with Gasteiger partial charge in [0.1, 0.15) is 0 Å². The Hall–Kier alpha value is -1.51. The predicted molar refractivity (Wildman–Crippen MR) is 48.9 cm³/mol. The maximum atomic E-state index is 10.3. The summed E-state index contributed by atoms with van der Waals surface area (Å²) in [5.41, 5.74) is 1.13. The number of rotatable bonds is 3. The minimum atomic E-state index is -1.13. The molecule has 3 heteroatoms. The summed E-state index contributed by atoms with van der Waals surface area (Å²) in [6.07, 6.45) is -0.401. The van der Waals surface area contributed by atoms with E-state index < -0.39 is 6.09 Å². The topological polar surface area (TPSA) is 40.2 Å². The first kappa shape index (κ1) is 9.58. The molecule has 1 radical (unpaired) electrons. The van der Waals surface area contributed by atoms with Crippen LogP contribution in [-0.2, 0) is 11.5 Å². The first-order chi connectivity index (χ1) is 6.20. The lowest BCUT2D eigenvalue weighted by molar-refractivity contribution is 0.130. The van der Waals surface area contributed by atoms with E-state index in [2.05, 4.69) is 0 Å². The van der Waals surface area contributed by atoms with Crippen LogP contribution in [0.15, 0.2) is 30.3 Å². The molecule has 0 saturated carbocycles. The highest BCUT2D eigenvalue weighted by molar-refractivity contribution is 5.63. The van der Waals surface area contributed by atoms with E-state index in [1.807, 2.05) is 30.3 Å². The summed E-state index contributed by atoms with van der Waals surface area (Å²) < 4.78 is 0. The number of hydrogen-bond donors (Lipinski definition) is 0. The van der Waals surface area contributed by atoms with Crippen molar-refractivity contribution in [3.8, 4) is 0 Å². The van der Waals surface area contributed by atoms with E-state index in [1.165, 1.54) is 11.9 Å². The Kier molecular flexibility index (Phi) is 3.31. The average Bonchev–Trinajstić information content (AvgIpc) is 2.15. The SMILES string of the molecule is CN(CCc1ccccc1)C([O])=O. The molecule has 0 bridgehead atoms. The zero-order valence-electron chi connectivity index (χ0n) is 7.56. The lowest BCUT2D eigenvalue weighted by Gasteiger charge is -2.10. The van der Waals surface area contributed by atoms with Gasteiger partial charge in [-0.05, 0) is 12.0 Å². The monoisotopic (exact) mass is 178 g/mol. The summed E-state index contributed by atoms with van der Waals surface area (Å²) in [4.78, 5) is 11.5. The van der Waals surface area contributed by atoms with Gasteiger partial charge in [-0.1, -0.05) is 30.3 Å². The highest BCUT2D eigenvalue weighted by Crippen LogP contribution is 2.00. The van der Waals surface area contributed by atoms with Crippen LogP contribution in [0, 0.1) is 0 Å². The molecule has 0 saturated heterocycles. The average molecular weight is 178 g/mol. The maximum absolute atomic E-state index is 10.3. The van der Waals surface area contributed by atoms with Gasteiger partial charge < -0.3 is 4.90 Å². The van der Waals surface area contributed by atoms with E-state index in [0.717, 1.165) is 12.0 Å². The van der Waals surface area contributed by atoms with Crippen LogP contribution in [0.2, 0.25) is 0 Å². The van der Waals surface area contributed by atoms with Crippen LogP contribution in [0.5, 0.6) is 0 Å². The smallest absolute Gasteiger partial charge is 0.308 e. The largest absolute Gasteiger partial charge is 0.452 e. The molecule has 0 spiro atoms. The molecule has 0 aliphatic rings. The highest BCUT2D eigenvalue weighted by atomic mass is 16.4. The normalized spacial score (nSPS) is 9.62. The fraction of sp³-hybridized carbons (Fsp3) is 0.300. The number of amides is 1. The summed E-state index contributed by atoms with van der Waals surface area (Å²) >= 11 is 0. The Morgan fingerprint density at radius 2 is 1.92 bits per heavy atom. The molecule has 0 N–H and O–H groups in total. The summed E-state index contributed by atoms with van der Waals surface area (Å²) in [5, 5.41) is 10.3. The van der Waals surface area contributed by atoms with Crippen molar-refractivity contribution < 1.29 is 9.90 Å². The van der Waals surface area contributed by atoms with E-state index >= 15 is 0 Å². The van der Waals surface area contributed by atoms with Crippen molar-refractivity contribution in [2.75, 3.05) is 13.6 Å². The molecular weight excluding hydrogens is 166 g/mol. The van der Waals surface area contributed by atoms with Gasteiger partial charge in [0, 0.05) is 13.6 Å². The summed E-state index contributed by atoms with van der Waals surface area (Å²) in [6.45, 7) is 0.479. The second-order valence-electron chi connectivity index (χ2n) is 2.92. The molecule has 1 aromatic rings. The fourth-order valence-electron chi connectivity index (χ4n) is 1.03. The van der Waals surface area contributed by atoms with Crippen LogP contribution in [0.3, 0.4) is 0 Å². The third kappa shape index (κ3) is 3.15. The van der Waals surface area contributed by atoms with Gasteiger partial charge in [-0.25, -0.2) is 9.90 Å². The minimum Gasteiger partial charge on any atom is -0.308 e. The number of nitrogens with zero attached hydrogens (tertiary/aromatic N) is 1. The molecule has 1 aromatic carbocycles. The number of carbonyl (C=O) groups excluding carboxylic acids is 1. The summed E-state index contributed by atoms with van der Waals surface area (Å²) in [7, 11) is 1.51. The van der Waals surface area contributed by atoms with Gasteiger partial charge in [-0.3, -0.25) is 0 Å². The molecule has 0 aliphatic carbocycles. The second-order valence-corrected chi connectivity index (χ2v) is 2.92. The third-order valence-electron chi connectivity index (χ3n) is 1.89. The number of hydrogen-bond acceptors (Lipinski definition) is 1. The first-order valence-electron chi connectivity index (χ1n) is 4.16. The van der Waals surface area contributed by atoms with E-state index in [0.29, 0.717) is 6.54 Å². The van der Waals surface area contributed by atoms with Crippen molar-refractivity contribution in [3.63, 3.8) is 0 Å². The van der Waals surface area contributed by atoms with Gasteiger partial charge in [0.2, 0.25) is 0 Å². The molecule has 1 rings (SSSR count). The van der Waals surface area contributed by atoms with Gasteiger partial charge in [-0.2, -0.15) is 0 Å². The molecule has 13 heavy (non-hydrogen) atoms. The Balaban J connectivity index is 2.39. The van der Waals surface area contributed by atoms with E-state index in [1.54, 1.807) is 0 Å². The van der Waals surface area contributed by atoms with Crippen LogP contribution in [-0.4, -0.2) is 24.6 Å². The fourth-order valence-corrected chi connectivity index (χ4v) is 1.03. The van der Waals surface area contributed by atoms with Crippen molar-refractivity contribution in [1.82, 2.24) is 4.90 Å². The van der Waals surface area contributed by atoms with Crippen molar-refractivity contribution in [3.05, 3.63) is 35.9 Å². The standard InChI is InChI=1S/C10H12NO2/c1-11(10(12)13)8-7-9-5-3-2-4-6-9/h2-6H,7-8H2,1H3. The zero-order chi connectivity index (χ0) is 9.68. The number of carbonyl (C=O) groups is 1. The summed E-state index contributed by atoms with van der Waals surface area (Å²) in [6, 6.07) is 9.76. The molecule has 0 atom stereocenters. The maximum Gasteiger partial charge on any atom is 0.452 e. The number of benzene rings is 1. The van der Waals surface area contributed by atoms with E-state index in [-0.39, 0.29) is 0 Å². The minimum absolute atomic E-state index is 0.479. The molecule has 69 valence electrons. The van der Waals surface area contributed by atoms with Gasteiger partial charge in [0.15, 0.2) is 0 Å². The molecule has 0 aliphatic heterocycles. The zero-order valence-corrected chi connectivity index (χ0v) is 7.56. The molecule has 0 heterocycles. The second kappa shape index (κ2) is 4.50. The van der Waals surface area contributed by atoms with Crippen molar-refractivity contribution in [2.45, 2.75) is 6.42 Å². The Morgan fingerprint density at radius 3 is 2.46 bits per heavy atom. The quantitative estimate of drug-likeness (QED) is 0.694. The first-order valence-corrected chi connectivity index (χ1v) is 4.16. The number of likely N-dealkylation sites (N-methyl/N-ethyl adjacent to an activating group) is 1. The Labute approximate surface area is 77.6 Å². The van der Waals surface area contributed by atoms with Crippen LogP contribution in [0.4, 0.5) is 4.79 Å². The van der Waals surface area contributed by atoms with Crippen molar-refractivity contribution in [1.29, 1.82) is 0 Å². The van der Waals surface area contributed by atoms with E-state index in [9.17, 15) is 9.90 Å². The lowest BCUT2D eigenvalue weighted by Crippen LogP contribution is -2.25.